The fourth-order valence-electron chi connectivity index (χ4n) is 1.23. The number of hydrogen-bond acceptors (Lipinski definition) is 5. The number of likely N-dealkylation sites (N-methyl/N-ethyl adjacent to an activating group) is 1. The highest BCUT2D eigenvalue weighted by Crippen LogP contribution is 2.41. The molecular weight excluding hydrogens is 460 g/mol. The molecule has 0 bridgehead atoms. The molecule has 29 heavy (non-hydrogen) atoms. The average molecular weight is 477 g/mol. The van der Waals surface area contributed by atoms with Crippen molar-refractivity contribution in [3.63, 3.8) is 0 Å². The van der Waals surface area contributed by atoms with Crippen molar-refractivity contribution in [3.8, 4) is 0 Å². The van der Waals surface area contributed by atoms with Crippen LogP contribution in [0.1, 0.15) is 0 Å². The van der Waals surface area contributed by atoms with Crippen molar-refractivity contribution in [3.05, 3.63) is 13.2 Å². The molecule has 0 heterocycles. The van der Waals surface area contributed by atoms with E-state index in [1.54, 1.807) is 4.72 Å². The largest absolute Gasteiger partial charge is 0.544 e. The van der Waals surface area contributed by atoms with Gasteiger partial charge < -0.3 is 14.4 Å². The Labute approximate surface area is 159 Å². The Bertz CT molecular complexity index is 593. The molecule has 18 heteroatoms. The topological polar surface area (TPSA) is 89.5 Å². The number of aliphatic carboxylic acids is 1. The van der Waals surface area contributed by atoms with Gasteiger partial charge in [-0.3, -0.25) is 0 Å². The molecule has 0 aromatic heterocycles. The van der Waals surface area contributed by atoms with E-state index in [2.05, 4.69) is 13.2 Å². The molecule has 0 saturated carbocycles. The van der Waals surface area contributed by atoms with E-state index >= 15 is 0 Å². The van der Waals surface area contributed by atoms with Gasteiger partial charge in [-0.05, 0) is 0 Å². The summed E-state index contributed by atoms with van der Waals surface area (Å²) in [7, 11) is -1.92. The summed E-state index contributed by atoms with van der Waals surface area (Å²) < 4.78 is 137. The van der Waals surface area contributed by atoms with E-state index in [-0.39, 0.29) is 11.2 Å². The van der Waals surface area contributed by atoms with Crippen molar-refractivity contribution in [1.82, 2.24) is 9.62 Å². The summed E-state index contributed by atoms with van der Waals surface area (Å²) in [5.74, 6) is -1.33. The van der Waals surface area contributed by atoms with Crippen LogP contribution < -0.4 is 9.83 Å². The van der Waals surface area contributed by atoms with Crippen LogP contribution in [0.4, 0.5) is 43.4 Å². The zero-order valence-corrected chi connectivity index (χ0v) is 15.6. The lowest BCUT2D eigenvalue weighted by molar-refractivity contribution is -0.886. The number of carboxylic acid groups (broad SMARTS) is 1. The molecule has 0 aliphatic rings. The van der Waals surface area contributed by atoms with Crippen molar-refractivity contribution in [2.75, 3.05) is 34.0 Å². The Morgan fingerprint density at radius 1 is 1.03 bits per heavy atom. The standard InChI is InChI=1S/C5H11FN2O4S.C4H2F9N.C2H4/c1-8(2,3-5(9)10)4-7-13(6,11)12;5-1-2(6,7)14(3(8,9)10)4(11,12)13;1-2/h7H,3-4H2,1-2H3;1H2;1-2H2. The minimum atomic E-state index is -6.40. The molecule has 0 saturated heterocycles. The summed E-state index contributed by atoms with van der Waals surface area (Å²) in [4.78, 5) is 7.05. The van der Waals surface area contributed by atoms with Gasteiger partial charge in [0.25, 0.3) is 0 Å². The highest BCUT2D eigenvalue weighted by molar-refractivity contribution is 7.84. The Morgan fingerprint density at radius 2 is 1.38 bits per heavy atom. The van der Waals surface area contributed by atoms with Crippen molar-refractivity contribution in [2.45, 2.75) is 18.6 Å². The maximum absolute atomic E-state index is 11.9. The van der Waals surface area contributed by atoms with Gasteiger partial charge in [-0.25, -0.2) is 4.39 Å². The van der Waals surface area contributed by atoms with Gasteiger partial charge in [-0.15, -0.1) is 17.9 Å². The van der Waals surface area contributed by atoms with Crippen LogP contribution in [-0.4, -0.2) is 76.4 Å². The summed E-state index contributed by atoms with van der Waals surface area (Å²) in [6.07, 6.45) is -12.8. The van der Waals surface area contributed by atoms with E-state index < -0.39 is 53.1 Å². The first-order valence-electron chi connectivity index (χ1n) is 6.64. The summed E-state index contributed by atoms with van der Waals surface area (Å²) in [6, 6.07) is -5.66. The quantitative estimate of drug-likeness (QED) is 0.149. The fraction of sp³-hybridized carbons (Fsp3) is 0.727. The maximum Gasteiger partial charge on any atom is 0.471 e. The highest BCUT2D eigenvalue weighted by atomic mass is 32.3. The molecule has 0 amide bonds. The van der Waals surface area contributed by atoms with Gasteiger partial charge in [0.1, 0.15) is 13.2 Å². The van der Waals surface area contributed by atoms with Crippen LogP contribution in [0.2, 0.25) is 0 Å². The molecule has 0 aliphatic carbocycles. The summed E-state index contributed by atoms with van der Waals surface area (Å²) in [5.41, 5.74) is 0. The van der Waals surface area contributed by atoms with Crippen LogP contribution in [-0.2, 0) is 15.2 Å². The molecule has 0 aromatic rings. The Morgan fingerprint density at radius 3 is 1.55 bits per heavy atom. The number of alkyl halides is 9. The zero-order chi connectivity index (χ0) is 24.5. The molecule has 0 unspecified atom stereocenters. The summed E-state index contributed by atoms with van der Waals surface area (Å²) in [5, 5.41) is 10.1. The second kappa shape index (κ2) is 11.5. The normalized spacial score (nSPS) is 13.1. The predicted octanol–water partition coefficient (Wildman–Crippen LogP) is 1.27. The van der Waals surface area contributed by atoms with E-state index in [0.29, 0.717) is 0 Å². The number of nitrogens with zero attached hydrogens (tertiary/aromatic N) is 2. The third kappa shape index (κ3) is 15.9. The first-order valence-corrected chi connectivity index (χ1v) is 8.02. The lowest BCUT2D eigenvalue weighted by Crippen LogP contribution is -2.58. The second-order valence-corrected chi connectivity index (χ2v) is 6.44. The Kier molecular flexibility index (Phi) is 12.7. The molecule has 0 rings (SSSR count). The molecule has 0 radical (unpaired) electrons. The van der Waals surface area contributed by atoms with Crippen LogP contribution in [0.15, 0.2) is 13.2 Å². The highest BCUT2D eigenvalue weighted by Gasteiger charge is 2.65. The molecule has 0 aliphatic heterocycles. The van der Waals surface area contributed by atoms with Crippen molar-refractivity contribution < 1.29 is 66.2 Å². The first-order chi connectivity index (χ1) is 12.6. The molecule has 0 fully saturated rings. The maximum atomic E-state index is 11.9. The van der Waals surface area contributed by atoms with E-state index in [4.69, 9.17) is 0 Å². The van der Waals surface area contributed by atoms with Gasteiger partial charge in [0, 0.05) is 0 Å². The van der Waals surface area contributed by atoms with Crippen molar-refractivity contribution in [1.29, 1.82) is 0 Å². The van der Waals surface area contributed by atoms with Gasteiger partial charge in [0.2, 0.25) is 0 Å². The third-order valence-corrected chi connectivity index (χ3v) is 2.69. The van der Waals surface area contributed by atoms with Gasteiger partial charge >= 0.3 is 29.1 Å². The second-order valence-electron chi connectivity index (χ2n) is 5.28. The summed E-state index contributed by atoms with van der Waals surface area (Å²) >= 11 is 0. The van der Waals surface area contributed by atoms with E-state index in [0.717, 1.165) is 0 Å². The van der Waals surface area contributed by atoms with Crippen molar-refractivity contribution in [2.24, 2.45) is 0 Å². The Hall–Kier alpha value is -1.66. The van der Waals surface area contributed by atoms with Gasteiger partial charge in [-0.2, -0.15) is 43.5 Å². The third-order valence-electron chi connectivity index (χ3n) is 2.22. The van der Waals surface area contributed by atoms with Crippen LogP contribution >= 0.6 is 0 Å². The molecule has 0 spiro atoms. The minimum absolute atomic E-state index is 0.231. The molecule has 1 N–H and O–H groups in total. The Balaban J connectivity index is -0.000000430. The van der Waals surface area contributed by atoms with Crippen LogP contribution in [0.5, 0.6) is 0 Å². The first kappa shape index (κ1) is 32.0. The molecule has 7 nitrogen and oxygen atoms in total. The van der Waals surface area contributed by atoms with Gasteiger partial charge in [0.15, 0.2) is 6.67 Å². The predicted molar refractivity (Wildman–Crippen MR) is 76.1 cm³/mol. The smallest absolute Gasteiger partial charge is 0.471 e. The van der Waals surface area contributed by atoms with Crippen LogP contribution in [0, 0.1) is 0 Å². The summed E-state index contributed by atoms with van der Waals surface area (Å²) in [6.45, 7) is 2.17. The number of carbonyl (C=O) groups is 1. The van der Waals surface area contributed by atoms with Gasteiger partial charge in [0.05, 0.1) is 20.1 Å². The number of carboxylic acids is 1. The van der Waals surface area contributed by atoms with Crippen LogP contribution in [0.3, 0.4) is 0 Å². The number of rotatable bonds is 7. The number of hydrogen-bond donors (Lipinski definition) is 1. The molecule has 0 aromatic carbocycles. The monoisotopic (exact) mass is 477 g/mol. The van der Waals surface area contributed by atoms with Gasteiger partial charge in [-0.1, -0.05) is 8.79 Å². The fourth-order valence-corrected chi connectivity index (χ4v) is 1.74. The average Bonchev–Trinajstić information content (AvgIpc) is 2.42. The zero-order valence-electron chi connectivity index (χ0n) is 14.8. The lowest BCUT2D eigenvalue weighted by atomic mass is 10.5. The number of halogens is 10. The number of carbonyl (C=O) groups excluding carboxylic acids is 1. The minimum Gasteiger partial charge on any atom is -0.544 e. The molecule has 0 atom stereocenters. The van der Waals surface area contributed by atoms with Crippen molar-refractivity contribution >= 4 is 16.4 Å². The number of quaternary nitrogens is 1. The van der Waals surface area contributed by atoms with E-state index in [9.17, 15) is 61.7 Å². The number of nitrogens with one attached hydrogen (secondary N) is 1. The van der Waals surface area contributed by atoms with Crippen LogP contribution in [0.25, 0.3) is 0 Å². The SMILES string of the molecule is C=C.C[N+](C)(CNS(=O)(=O)F)CC(=O)[O-].FCC(F)(F)N(C(F)(F)F)C(F)(F)F. The van der Waals surface area contributed by atoms with E-state index in [1.165, 1.54) is 14.1 Å². The lowest BCUT2D eigenvalue weighted by Gasteiger charge is -2.31. The van der Waals surface area contributed by atoms with E-state index in [1.807, 2.05) is 0 Å². The molecular formula is C11H17F10N3O4S. The molecule has 176 valence electrons.